The highest BCUT2D eigenvalue weighted by Gasteiger charge is 2.35. The van der Waals surface area contributed by atoms with Gasteiger partial charge in [-0.05, 0) is 18.6 Å². The van der Waals surface area contributed by atoms with Crippen LogP contribution in [0.1, 0.15) is 18.4 Å². The van der Waals surface area contributed by atoms with Crippen LogP contribution in [-0.2, 0) is 11.3 Å². The number of halogens is 1. The largest absolute Gasteiger partial charge is 0.367 e. The van der Waals surface area contributed by atoms with Crippen molar-refractivity contribution >= 4 is 11.6 Å². The lowest BCUT2D eigenvalue weighted by molar-refractivity contribution is -0.129. The molecule has 1 aromatic carbocycles. The van der Waals surface area contributed by atoms with Gasteiger partial charge in [0.15, 0.2) is 0 Å². The van der Waals surface area contributed by atoms with Crippen molar-refractivity contribution in [3.05, 3.63) is 29.6 Å². The number of amides is 1. The molecule has 1 amide bonds. The molecule has 19 heavy (non-hydrogen) atoms. The molecule has 0 aromatic heterocycles. The molecular formula is C14H18FN3O. The van der Waals surface area contributed by atoms with Crippen LogP contribution < -0.4 is 10.6 Å². The summed E-state index contributed by atoms with van der Waals surface area (Å²) in [6, 6.07) is 5.35. The lowest BCUT2D eigenvalue weighted by Crippen LogP contribution is -2.51. The summed E-state index contributed by atoms with van der Waals surface area (Å²) in [7, 11) is 0. The minimum Gasteiger partial charge on any atom is -0.367 e. The van der Waals surface area contributed by atoms with Crippen molar-refractivity contribution in [2.24, 2.45) is 5.73 Å². The zero-order valence-electron chi connectivity index (χ0n) is 10.8. The Kier molecular flexibility index (Phi) is 3.14. The fraction of sp³-hybridized carbons (Fsp3) is 0.500. The summed E-state index contributed by atoms with van der Waals surface area (Å²) < 4.78 is 13.8. The number of piperazine rings is 1. The standard InChI is InChI=1S/C14H18FN3O/c15-12-2-1-3-13(11(12)8-16)17-6-7-18-10(9-17)4-5-14(18)19/h1-3,10H,4-9,16H2. The summed E-state index contributed by atoms with van der Waals surface area (Å²) in [4.78, 5) is 15.8. The third-order valence-corrected chi connectivity index (χ3v) is 4.13. The SMILES string of the molecule is NCc1c(F)cccc1N1CCN2C(=O)CCC2C1. The van der Waals surface area contributed by atoms with E-state index in [0.717, 1.165) is 31.7 Å². The van der Waals surface area contributed by atoms with Gasteiger partial charge in [-0.1, -0.05) is 6.07 Å². The van der Waals surface area contributed by atoms with E-state index in [-0.39, 0.29) is 24.3 Å². The van der Waals surface area contributed by atoms with Gasteiger partial charge in [0.05, 0.1) is 0 Å². The van der Waals surface area contributed by atoms with E-state index in [1.807, 2.05) is 11.0 Å². The van der Waals surface area contributed by atoms with Crippen LogP contribution in [0.15, 0.2) is 18.2 Å². The molecule has 1 unspecified atom stereocenters. The Balaban J connectivity index is 1.84. The van der Waals surface area contributed by atoms with E-state index in [0.29, 0.717) is 12.0 Å². The van der Waals surface area contributed by atoms with Crippen LogP contribution in [0.4, 0.5) is 10.1 Å². The second-order valence-corrected chi connectivity index (χ2v) is 5.17. The minimum atomic E-state index is -0.245. The number of nitrogens with zero attached hydrogens (tertiary/aromatic N) is 2. The number of carbonyl (C=O) groups excluding carboxylic acids is 1. The summed E-state index contributed by atoms with van der Waals surface area (Å²) in [5, 5.41) is 0. The third kappa shape index (κ3) is 2.08. The number of fused-ring (bicyclic) bond motifs is 1. The van der Waals surface area contributed by atoms with Crippen molar-refractivity contribution in [2.45, 2.75) is 25.4 Å². The van der Waals surface area contributed by atoms with E-state index in [1.165, 1.54) is 6.07 Å². The van der Waals surface area contributed by atoms with Gasteiger partial charge < -0.3 is 15.5 Å². The number of nitrogens with two attached hydrogens (primary N) is 1. The van der Waals surface area contributed by atoms with Crippen LogP contribution in [0, 0.1) is 5.82 Å². The van der Waals surface area contributed by atoms with E-state index >= 15 is 0 Å². The summed E-state index contributed by atoms with van der Waals surface area (Å²) in [6.07, 6.45) is 1.55. The van der Waals surface area contributed by atoms with Gasteiger partial charge in [-0.15, -0.1) is 0 Å². The number of carbonyl (C=O) groups is 1. The van der Waals surface area contributed by atoms with Crippen molar-refractivity contribution in [2.75, 3.05) is 24.5 Å². The maximum Gasteiger partial charge on any atom is 0.223 e. The molecule has 5 heteroatoms. The zero-order valence-corrected chi connectivity index (χ0v) is 10.8. The zero-order chi connectivity index (χ0) is 13.4. The van der Waals surface area contributed by atoms with E-state index in [4.69, 9.17) is 5.73 Å². The number of anilines is 1. The summed E-state index contributed by atoms with van der Waals surface area (Å²) in [5.74, 6) is 0.00729. The first kappa shape index (κ1) is 12.4. The fourth-order valence-corrected chi connectivity index (χ4v) is 3.13. The smallest absolute Gasteiger partial charge is 0.223 e. The summed E-state index contributed by atoms with van der Waals surface area (Å²) in [6.45, 7) is 2.46. The Morgan fingerprint density at radius 3 is 3.00 bits per heavy atom. The lowest BCUT2D eigenvalue weighted by Gasteiger charge is -2.39. The Hall–Kier alpha value is -1.62. The molecule has 102 valence electrons. The highest BCUT2D eigenvalue weighted by molar-refractivity contribution is 5.79. The maximum atomic E-state index is 13.8. The second-order valence-electron chi connectivity index (χ2n) is 5.17. The van der Waals surface area contributed by atoms with E-state index < -0.39 is 0 Å². The van der Waals surface area contributed by atoms with Gasteiger partial charge in [-0.25, -0.2) is 4.39 Å². The monoisotopic (exact) mass is 263 g/mol. The van der Waals surface area contributed by atoms with Crippen molar-refractivity contribution in [3.63, 3.8) is 0 Å². The van der Waals surface area contributed by atoms with Crippen LogP contribution >= 0.6 is 0 Å². The van der Waals surface area contributed by atoms with Crippen LogP contribution in [-0.4, -0.2) is 36.5 Å². The van der Waals surface area contributed by atoms with Crippen molar-refractivity contribution in [1.82, 2.24) is 4.90 Å². The van der Waals surface area contributed by atoms with Crippen LogP contribution in [0.25, 0.3) is 0 Å². The fourth-order valence-electron chi connectivity index (χ4n) is 3.13. The highest BCUT2D eigenvalue weighted by atomic mass is 19.1. The van der Waals surface area contributed by atoms with Crippen molar-refractivity contribution in [1.29, 1.82) is 0 Å². The molecule has 0 saturated carbocycles. The quantitative estimate of drug-likeness (QED) is 0.869. The third-order valence-electron chi connectivity index (χ3n) is 4.13. The highest BCUT2D eigenvalue weighted by Crippen LogP contribution is 2.29. The molecule has 2 saturated heterocycles. The van der Waals surface area contributed by atoms with Crippen LogP contribution in [0.2, 0.25) is 0 Å². The summed E-state index contributed by atoms with van der Waals surface area (Å²) in [5.41, 5.74) is 7.10. The van der Waals surface area contributed by atoms with Gasteiger partial charge in [0.1, 0.15) is 5.82 Å². The molecule has 2 N–H and O–H groups in total. The minimum absolute atomic E-state index is 0.200. The van der Waals surface area contributed by atoms with Gasteiger partial charge in [-0.2, -0.15) is 0 Å². The van der Waals surface area contributed by atoms with Gasteiger partial charge in [-0.3, -0.25) is 4.79 Å². The molecular weight excluding hydrogens is 245 g/mol. The maximum absolute atomic E-state index is 13.8. The lowest BCUT2D eigenvalue weighted by atomic mass is 10.1. The Labute approximate surface area is 112 Å². The molecule has 0 aliphatic carbocycles. The normalized spacial score (nSPS) is 22.8. The average molecular weight is 263 g/mol. The molecule has 0 bridgehead atoms. The molecule has 1 atom stereocenters. The number of hydrogen-bond acceptors (Lipinski definition) is 3. The number of hydrogen-bond donors (Lipinski definition) is 1. The Morgan fingerprint density at radius 2 is 2.21 bits per heavy atom. The van der Waals surface area contributed by atoms with Crippen LogP contribution in [0.5, 0.6) is 0 Å². The summed E-state index contributed by atoms with van der Waals surface area (Å²) >= 11 is 0. The van der Waals surface area contributed by atoms with E-state index in [9.17, 15) is 9.18 Å². The molecule has 2 fully saturated rings. The van der Waals surface area contributed by atoms with E-state index in [1.54, 1.807) is 6.07 Å². The molecule has 0 spiro atoms. The first-order valence-corrected chi connectivity index (χ1v) is 6.72. The first-order chi connectivity index (χ1) is 9.20. The predicted molar refractivity (Wildman–Crippen MR) is 71.2 cm³/mol. The molecule has 2 aliphatic heterocycles. The number of benzene rings is 1. The van der Waals surface area contributed by atoms with Gasteiger partial charge in [0.2, 0.25) is 5.91 Å². The molecule has 2 aliphatic rings. The topological polar surface area (TPSA) is 49.6 Å². The Bertz CT molecular complexity index is 505. The van der Waals surface area contributed by atoms with Gasteiger partial charge >= 0.3 is 0 Å². The average Bonchev–Trinajstić information content (AvgIpc) is 2.79. The molecule has 0 radical (unpaired) electrons. The number of rotatable bonds is 2. The van der Waals surface area contributed by atoms with Gasteiger partial charge in [0.25, 0.3) is 0 Å². The van der Waals surface area contributed by atoms with Crippen molar-refractivity contribution < 1.29 is 9.18 Å². The van der Waals surface area contributed by atoms with Gasteiger partial charge in [0, 0.05) is 49.9 Å². The van der Waals surface area contributed by atoms with Crippen molar-refractivity contribution in [3.8, 4) is 0 Å². The Morgan fingerprint density at radius 1 is 1.37 bits per heavy atom. The predicted octanol–water partition coefficient (Wildman–Crippen LogP) is 1.10. The first-order valence-electron chi connectivity index (χ1n) is 6.72. The molecule has 2 heterocycles. The molecule has 1 aromatic rings. The van der Waals surface area contributed by atoms with E-state index in [2.05, 4.69) is 4.90 Å². The molecule has 4 nitrogen and oxygen atoms in total. The van der Waals surface area contributed by atoms with Crippen LogP contribution in [0.3, 0.4) is 0 Å². The second kappa shape index (κ2) is 4.81. The molecule has 3 rings (SSSR count).